The summed E-state index contributed by atoms with van der Waals surface area (Å²) in [6.45, 7) is 1.43. The molecule has 0 aromatic heterocycles. The Hall–Kier alpha value is -1.69. The Morgan fingerprint density at radius 1 is 1.00 bits per heavy atom. The second-order valence-electron chi connectivity index (χ2n) is 5.33. The summed E-state index contributed by atoms with van der Waals surface area (Å²) in [4.78, 5) is 23.3. The molecule has 0 atom stereocenters. The fraction of sp³-hybridized carbons (Fsp3) is 0.222. The first-order valence-corrected chi connectivity index (χ1v) is 9.55. The Bertz CT molecular complexity index is 768. The summed E-state index contributed by atoms with van der Waals surface area (Å²) in [5.41, 5.74) is 2.25. The van der Waals surface area contributed by atoms with Crippen LogP contribution in [-0.2, 0) is 15.3 Å². The van der Waals surface area contributed by atoms with E-state index in [1.165, 1.54) is 6.92 Å². The Morgan fingerprint density at radius 2 is 1.68 bits per heavy atom. The molecule has 0 unspecified atom stereocenters. The number of halogens is 2. The third-order valence-electron chi connectivity index (χ3n) is 3.24. The van der Waals surface area contributed by atoms with Crippen molar-refractivity contribution < 1.29 is 9.59 Å². The Morgan fingerprint density at radius 3 is 2.32 bits per heavy atom. The van der Waals surface area contributed by atoms with Gasteiger partial charge < -0.3 is 10.6 Å². The molecule has 0 heterocycles. The molecule has 25 heavy (non-hydrogen) atoms. The summed E-state index contributed by atoms with van der Waals surface area (Å²) in [5, 5.41) is 6.59. The van der Waals surface area contributed by atoms with Gasteiger partial charge in [0.2, 0.25) is 11.8 Å². The van der Waals surface area contributed by atoms with Gasteiger partial charge in [0.1, 0.15) is 0 Å². The second kappa shape index (κ2) is 9.70. The predicted octanol–water partition coefficient (Wildman–Crippen LogP) is 5.21. The van der Waals surface area contributed by atoms with E-state index in [-0.39, 0.29) is 11.8 Å². The van der Waals surface area contributed by atoms with Crippen molar-refractivity contribution >= 4 is 58.2 Å². The summed E-state index contributed by atoms with van der Waals surface area (Å²) in [6.07, 6.45) is 0.375. The molecular formula is C18H18Cl2N2O2S. The van der Waals surface area contributed by atoms with E-state index in [1.807, 2.05) is 12.1 Å². The molecular weight excluding hydrogens is 379 g/mol. The number of benzene rings is 2. The number of para-hydroxylation sites is 2. The van der Waals surface area contributed by atoms with E-state index in [0.717, 1.165) is 11.3 Å². The third kappa shape index (κ3) is 6.61. The van der Waals surface area contributed by atoms with Crippen molar-refractivity contribution in [1.82, 2.24) is 0 Å². The third-order valence-corrected chi connectivity index (χ3v) is 5.01. The molecule has 0 saturated carbocycles. The number of nitrogens with one attached hydrogen (secondary N) is 2. The molecule has 0 saturated heterocycles. The van der Waals surface area contributed by atoms with E-state index >= 15 is 0 Å². The Kier molecular flexibility index (Phi) is 7.62. The largest absolute Gasteiger partial charge is 0.325 e. The van der Waals surface area contributed by atoms with E-state index in [2.05, 4.69) is 10.6 Å². The Balaban J connectivity index is 1.79. The highest BCUT2D eigenvalue weighted by atomic mass is 35.5. The lowest BCUT2D eigenvalue weighted by Gasteiger charge is -2.11. The maximum atomic E-state index is 12.1. The zero-order valence-corrected chi connectivity index (χ0v) is 16.0. The molecule has 0 aliphatic rings. The van der Waals surface area contributed by atoms with Gasteiger partial charge in [0.05, 0.1) is 21.4 Å². The first-order chi connectivity index (χ1) is 12.0. The summed E-state index contributed by atoms with van der Waals surface area (Å²) in [5.74, 6) is 1.15. The van der Waals surface area contributed by atoms with Gasteiger partial charge in [-0.15, -0.1) is 0 Å². The lowest BCUT2D eigenvalue weighted by Crippen LogP contribution is -2.15. The highest BCUT2D eigenvalue weighted by Crippen LogP contribution is 2.25. The number of amides is 2. The van der Waals surface area contributed by atoms with Crippen molar-refractivity contribution in [2.24, 2.45) is 0 Å². The molecule has 0 aliphatic carbocycles. The van der Waals surface area contributed by atoms with Crippen LogP contribution in [0.3, 0.4) is 0 Å². The molecule has 0 aliphatic heterocycles. The average Bonchev–Trinajstić information content (AvgIpc) is 2.56. The topological polar surface area (TPSA) is 58.2 Å². The molecule has 2 rings (SSSR count). The van der Waals surface area contributed by atoms with Crippen molar-refractivity contribution in [2.75, 3.05) is 16.4 Å². The summed E-state index contributed by atoms with van der Waals surface area (Å²) >= 11 is 13.5. The van der Waals surface area contributed by atoms with Crippen LogP contribution >= 0.6 is 35.0 Å². The van der Waals surface area contributed by atoms with E-state index in [1.54, 1.807) is 42.1 Å². The molecule has 132 valence electrons. The zero-order chi connectivity index (χ0) is 18.2. The number of carbonyl (C=O) groups excluding carboxylic acids is 2. The highest BCUT2D eigenvalue weighted by Gasteiger charge is 2.08. The van der Waals surface area contributed by atoms with E-state index in [4.69, 9.17) is 23.2 Å². The van der Waals surface area contributed by atoms with Crippen molar-refractivity contribution in [1.29, 1.82) is 0 Å². The Labute approximate surface area is 161 Å². The van der Waals surface area contributed by atoms with Gasteiger partial charge in [-0.1, -0.05) is 41.4 Å². The van der Waals surface area contributed by atoms with Crippen LogP contribution in [0.25, 0.3) is 0 Å². The maximum absolute atomic E-state index is 12.1. The molecule has 0 bridgehead atoms. The van der Waals surface area contributed by atoms with Crippen LogP contribution in [0.1, 0.15) is 18.9 Å². The quantitative estimate of drug-likeness (QED) is 0.631. The molecule has 2 aromatic rings. The SMILES string of the molecule is CC(=O)Nc1ccccc1NC(=O)CCSCc1ccc(Cl)c(Cl)c1. The minimum atomic E-state index is -0.182. The van der Waals surface area contributed by atoms with E-state index in [0.29, 0.717) is 33.6 Å². The summed E-state index contributed by atoms with van der Waals surface area (Å²) in [6, 6.07) is 12.6. The number of carbonyl (C=O) groups is 2. The van der Waals surface area contributed by atoms with Crippen LogP contribution in [0.5, 0.6) is 0 Å². The van der Waals surface area contributed by atoms with Crippen LogP contribution in [0.15, 0.2) is 42.5 Å². The second-order valence-corrected chi connectivity index (χ2v) is 7.25. The monoisotopic (exact) mass is 396 g/mol. The van der Waals surface area contributed by atoms with Gasteiger partial charge in [0.15, 0.2) is 0 Å². The van der Waals surface area contributed by atoms with Crippen molar-refractivity contribution in [3.8, 4) is 0 Å². The lowest BCUT2D eigenvalue weighted by atomic mass is 10.2. The van der Waals surface area contributed by atoms with Gasteiger partial charge in [0, 0.05) is 24.9 Å². The first kappa shape index (κ1) is 19.6. The van der Waals surface area contributed by atoms with Gasteiger partial charge in [-0.25, -0.2) is 0 Å². The summed E-state index contributed by atoms with van der Waals surface area (Å²) < 4.78 is 0. The van der Waals surface area contributed by atoms with E-state index < -0.39 is 0 Å². The predicted molar refractivity (Wildman–Crippen MR) is 107 cm³/mol. The zero-order valence-electron chi connectivity index (χ0n) is 13.6. The minimum absolute atomic E-state index is 0.0977. The van der Waals surface area contributed by atoms with Crippen LogP contribution in [0.2, 0.25) is 10.0 Å². The van der Waals surface area contributed by atoms with Crippen LogP contribution in [0.4, 0.5) is 11.4 Å². The molecule has 2 N–H and O–H groups in total. The molecule has 0 fully saturated rings. The van der Waals surface area contributed by atoms with Crippen molar-refractivity contribution in [3.05, 3.63) is 58.1 Å². The average molecular weight is 397 g/mol. The number of thioether (sulfide) groups is 1. The normalized spacial score (nSPS) is 10.4. The smallest absolute Gasteiger partial charge is 0.225 e. The fourth-order valence-corrected chi connectivity index (χ4v) is 3.30. The maximum Gasteiger partial charge on any atom is 0.225 e. The standard InChI is InChI=1S/C18H18Cl2N2O2S/c1-12(23)21-16-4-2-3-5-17(16)22-18(24)8-9-25-11-13-6-7-14(19)15(20)10-13/h2-7,10H,8-9,11H2,1H3,(H,21,23)(H,22,24). The van der Waals surface area contributed by atoms with Crippen LogP contribution in [-0.4, -0.2) is 17.6 Å². The molecule has 7 heteroatoms. The van der Waals surface area contributed by atoms with Gasteiger partial charge in [0.25, 0.3) is 0 Å². The molecule has 0 spiro atoms. The number of hydrogen-bond donors (Lipinski definition) is 2. The molecule has 2 amide bonds. The van der Waals surface area contributed by atoms with E-state index in [9.17, 15) is 9.59 Å². The highest BCUT2D eigenvalue weighted by molar-refractivity contribution is 7.98. The minimum Gasteiger partial charge on any atom is -0.325 e. The van der Waals surface area contributed by atoms with Crippen LogP contribution in [0, 0.1) is 0 Å². The number of rotatable bonds is 7. The molecule has 2 aromatic carbocycles. The first-order valence-electron chi connectivity index (χ1n) is 7.64. The lowest BCUT2D eigenvalue weighted by molar-refractivity contribution is -0.116. The summed E-state index contributed by atoms with van der Waals surface area (Å²) in [7, 11) is 0. The fourth-order valence-electron chi connectivity index (χ4n) is 2.09. The van der Waals surface area contributed by atoms with Crippen molar-refractivity contribution in [2.45, 2.75) is 19.1 Å². The van der Waals surface area contributed by atoms with Crippen molar-refractivity contribution in [3.63, 3.8) is 0 Å². The number of hydrogen-bond acceptors (Lipinski definition) is 3. The van der Waals surface area contributed by atoms with Gasteiger partial charge >= 0.3 is 0 Å². The van der Waals surface area contributed by atoms with Gasteiger partial charge in [-0.05, 0) is 29.8 Å². The number of anilines is 2. The van der Waals surface area contributed by atoms with Crippen LogP contribution < -0.4 is 10.6 Å². The van der Waals surface area contributed by atoms with Gasteiger partial charge in [-0.2, -0.15) is 11.8 Å². The van der Waals surface area contributed by atoms with Gasteiger partial charge in [-0.3, -0.25) is 9.59 Å². The molecule has 4 nitrogen and oxygen atoms in total. The molecule has 0 radical (unpaired) electrons.